The summed E-state index contributed by atoms with van der Waals surface area (Å²) in [7, 11) is 0. The Morgan fingerprint density at radius 3 is 3.00 bits per heavy atom. The molecule has 2 rings (SSSR count). The molecule has 1 aromatic heterocycles. The normalized spacial score (nSPS) is 10.6. The summed E-state index contributed by atoms with van der Waals surface area (Å²) in [4.78, 5) is 14.1. The number of non-ortho nitro benzene ring substituents is 1. The van der Waals surface area contributed by atoms with Crippen LogP contribution in [-0.4, -0.2) is 9.91 Å². The molecule has 0 N–H and O–H groups in total. The first-order valence-corrected chi connectivity index (χ1v) is 4.34. The molecule has 72 valence electrons. The van der Waals surface area contributed by atoms with Crippen LogP contribution < -0.4 is 0 Å². The van der Waals surface area contributed by atoms with Crippen molar-refractivity contribution in [1.29, 1.82) is 0 Å². The van der Waals surface area contributed by atoms with Crippen LogP contribution in [-0.2, 0) is 5.88 Å². The number of halogens is 1. The van der Waals surface area contributed by atoms with E-state index in [4.69, 9.17) is 16.0 Å². The van der Waals surface area contributed by atoms with E-state index in [-0.39, 0.29) is 23.0 Å². The Labute approximate surface area is 83.4 Å². The summed E-state index contributed by atoms with van der Waals surface area (Å²) in [6, 6.07) is 4.56. The Morgan fingerprint density at radius 2 is 2.36 bits per heavy atom. The van der Waals surface area contributed by atoms with Crippen molar-refractivity contribution in [3.63, 3.8) is 0 Å². The van der Waals surface area contributed by atoms with Gasteiger partial charge in [0.05, 0.1) is 10.8 Å². The second-order valence-corrected chi connectivity index (χ2v) is 2.89. The molecule has 2 aromatic rings. The fourth-order valence-corrected chi connectivity index (χ4v) is 1.30. The molecule has 0 bridgehead atoms. The van der Waals surface area contributed by atoms with Gasteiger partial charge >= 0.3 is 5.69 Å². The molecule has 0 aliphatic carbocycles. The molecular weight excluding hydrogens is 208 g/mol. The largest absolute Gasteiger partial charge is 0.432 e. The Balaban J connectivity index is 2.73. The molecule has 0 aliphatic rings. The third-order valence-electron chi connectivity index (χ3n) is 1.75. The molecule has 0 amide bonds. The number of hydrogen-bond acceptors (Lipinski definition) is 4. The van der Waals surface area contributed by atoms with E-state index < -0.39 is 4.92 Å². The number of oxazole rings is 1. The quantitative estimate of drug-likeness (QED) is 0.436. The summed E-state index contributed by atoms with van der Waals surface area (Å²) in [5.74, 6) is 0.391. The van der Waals surface area contributed by atoms with Gasteiger partial charge in [-0.05, 0) is 6.07 Å². The highest BCUT2D eigenvalue weighted by Crippen LogP contribution is 2.26. The van der Waals surface area contributed by atoms with Gasteiger partial charge in [0.2, 0.25) is 11.5 Å². The van der Waals surface area contributed by atoms with Gasteiger partial charge in [-0.25, -0.2) is 4.98 Å². The van der Waals surface area contributed by atoms with Crippen LogP contribution in [0.15, 0.2) is 22.6 Å². The summed E-state index contributed by atoms with van der Waals surface area (Å²) < 4.78 is 5.12. The van der Waals surface area contributed by atoms with Crippen molar-refractivity contribution >= 4 is 28.4 Å². The molecule has 0 radical (unpaired) electrons. The van der Waals surface area contributed by atoms with E-state index in [9.17, 15) is 10.1 Å². The summed E-state index contributed by atoms with van der Waals surface area (Å²) in [6.45, 7) is 0. The van der Waals surface area contributed by atoms with Crippen molar-refractivity contribution in [3.05, 3.63) is 34.2 Å². The fourth-order valence-electron chi connectivity index (χ4n) is 1.18. The van der Waals surface area contributed by atoms with E-state index in [1.165, 1.54) is 6.07 Å². The number of nitro groups is 1. The van der Waals surface area contributed by atoms with Crippen LogP contribution in [0.3, 0.4) is 0 Å². The van der Waals surface area contributed by atoms with Crippen LogP contribution >= 0.6 is 11.6 Å². The molecule has 0 saturated heterocycles. The van der Waals surface area contributed by atoms with E-state index in [1.54, 1.807) is 12.1 Å². The number of aromatic nitrogens is 1. The maximum Gasteiger partial charge on any atom is 0.313 e. The van der Waals surface area contributed by atoms with Gasteiger partial charge in [-0.2, -0.15) is 0 Å². The standard InChI is InChI=1S/C8H5ClN2O3/c9-4-7-10-5-2-1-3-6(11(12)13)8(5)14-7/h1-3H,4H2. The first kappa shape index (κ1) is 8.96. The van der Waals surface area contributed by atoms with Gasteiger partial charge in [0.15, 0.2) is 0 Å². The van der Waals surface area contributed by atoms with Crippen molar-refractivity contribution in [2.75, 3.05) is 0 Å². The van der Waals surface area contributed by atoms with E-state index in [1.807, 2.05) is 0 Å². The zero-order valence-corrected chi connectivity index (χ0v) is 7.69. The second kappa shape index (κ2) is 3.26. The fraction of sp³-hybridized carbons (Fsp3) is 0.125. The molecular formula is C8H5ClN2O3. The zero-order valence-electron chi connectivity index (χ0n) is 6.94. The zero-order chi connectivity index (χ0) is 10.1. The maximum atomic E-state index is 10.6. The minimum absolute atomic E-state index is 0.0913. The minimum Gasteiger partial charge on any atom is -0.432 e. The second-order valence-electron chi connectivity index (χ2n) is 2.62. The van der Waals surface area contributed by atoms with Gasteiger partial charge in [-0.15, -0.1) is 11.6 Å². The number of fused-ring (bicyclic) bond motifs is 1. The van der Waals surface area contributed by atoms with Crippen LogP contribution in [0.1, 0.15) is 5.89 Å². The lowest BCUT2D eigenvalue weighted by molar-refractivity contribution is -0.383. The first-order chi connectivity index (χ1) is 6.72. The van der Waals surface area contributed by atoms with Crippen molar-refractivity contribution in [3.8, 4) is 0 Å². The highest BCUT2D eigenvalue weighted by atomic mass is 35.5. The van der Waals surface area contributed by atoms with Crippen LogP contribution in [0, 0.1) is 10.1 Å². The topological polar surface area (TPSA) is 69.2 Å². The molecule has 0 aliphatic heterocycles. The lowest BCUT2D eigenvalue weighted by Crippen LogP contribution is -1.87. The van der Waals surface area contributed by atoms with Gasteiger partial charge in [-0.3, -0.25) is 10.1 Å². The molecule has 5 nitrogen and oxygen atoms in total. The van der Waals surface area contributed by atoms with Crippen LogP contribution in [0.2, 0.25) is 0 Å². The lowest BCUT2D eigenvalue weighted by atomic mass is 10.3. The van der Waals surface area contributed by atoms with Crippen LogP contribution in [0.25, 0.3) is 11.1 Å². The number of nitrogens with zero attached hydrogens (tertiary/aromatic N) is 2. The number of hydrogen-bond donors (Lipinski definition) is 0. The number of alkyl halides is 1. The highest BCUT2D eigenvalue weighted by Gasteiger charge is 2.16. The number of nitro benzene ring substituents is 1. The monoisotopic (exact) mass is 212 g/mol. The van der Waals surface area contributed by atoms with E-state index in [0.29, 0.717) is 5.52 Å². The van der Waals surface area contributed by atoms with Gasteiger partial charge in [0.25, 0.3) is 0 Å². The molecule has 0 spiro atoms. The molecule has 1 heterocycles. The Bertz CT molecular complexity index is 494. The highest BCUT2D eigenvalue weighted by molar-refractivity contribution is 6.16. The van der Waals surface area contributed by atoms with Crippen molar-refractivity contribution in [1.82, 2.24) is 4.98 Å². The lowest BCUT2D eigenvalue weighted by Gasteiger charge is -1.89. The minimum atomic E-state index is -0.508. The molecule has 0 unspecified atom stereocenters. The number of benzene rings is 1. The molecule has 0 fully saturated rings. The summed E-state index contributed by atoms with van der Waals surface area (Å²) >= 11 is 5.50. The number of para-hydroxylation sites is 1. The van der Waals surface area contributed by atoms with Gasteiger partial charge < -0.3 is 4.42 Å². The van der Waals surface area contributed by atoms with Gasteiger partial charge in [0.1, 0.15) is 5.52 Å². The van der Waals surface area contributed by atoms with Crippen LogP contribution in [0.4, 0.5) is 5.69 Å². The van der Waals surface area contributed by atoms with Gasteiger partial charge in [-0.1, -0.05) is 6.07 Å². The molecule has 14 heavy (non-hydrogen) atoms. The first-order valence-electron chi connectivity index (χ1n) is 3.81. The van der Waals surface area contributed by atoms with E-state index >= 15 is 0 Å². The summed E-state index contributed by atoms with van der Waals surface area (Å²) in [6.07, 6.45) is 0. The molecule has 1 aromatic carbocycles. The maximum absolute atomic E-state index is 10.6. The van der Waals surface area contributed by atoms with Crippen molar-refractivity contribution in [2.24, 2.45) is 0 Å². The Morgan fingerprint density at radius 1 is 1.57 bits per heavy atom. The Kier molecular flexibility index (Phi) is 2.09. The molecule has 6 heteroatoms. The molecule has 0 saturated carbocycles. The van der Waals surface area contributed by atoms with E-state index in [2.05, 4.69) is 4.98 Å². The average molecular weight is 213 g/mol. The predicted octanol–water partition coefficient (Wildman–Crippen LogP) is 2.47. The van der Waals surface area contributed by atoms with Crippen molar-refractivity contribution in [2.45, 2.75) is 5.88 Å². The average Bonchev–Trinajstić information content (AvgIpc) is 2.59. The summed E-state index contributed by atoms with van der Waals surface area (Å²) in [5, 5.41) is 10.6. The number of rotatable bonds is 2. The van der Waals surface area contributed by atoms with Crippen LogP contribution in [0.5, 0.6) is 0 Å². The molecule has 0 atom stereocenters. The van der Waals surface area contributed by atoms with Gasteiger partial charge in [0, 0.05) is 6.07 Å². The van der Waals surface area contributed by atoms with Crippen molar-refractivity contribution < 1.29 is 9.34 Å². The predicted molar refractivity (Wildman–Crippen MR) is 50.2 cm³/mol. The third kappa shape index (κ3) is 1.31. The smallest absolute Gasteiger partial charge is 0.313 e. The van der Waals surface area contributed by atoms with E-state index in [0.717, 1.165) is 0 Å². The Hall–Kier alpha value is -1.62. The SMILES string of the molecule is O=[N+]([O-])c1cccc2nc(CCl)oc12. The summed E-state index contributed by atoms with van der Waals surface area (Å²) in [5.41, 5.74) is 0.536. The third-order valence-corrected chi connectivity index (χ3v) is 1.98.